The van der Waals surface area contributed by atoms with Crippen LogP contribution < -0.4 is 4.90 Å². The van der Waals surface area contributed by atoms with Crippen molar-refractivity contribution in [3.8, 4) is 0 Å². The number of fused-ring (bicyclic) bond motifs is 1. The molecule has 0 fully saturated rings. The van der Waals surface area contributed by atoms with Crippen LogP contribution in [0.4, 0.5) is 9.52 Å². The molecule has 1 N–H and O–H groups in total. The van der Waals surface area contributed by atoms with Crippen molar-refractivity contribution in [1.29, 1.82) is 0 Å². The van der Waals surface area contributed by atoms with E-state index in [-0.39, 0.29) is 11.3 Å². The van der Waals surface area contributed by atoms with Gasteiger partial charge in [-0.1, -0.05) is 36.5 Å². The first kappa shape index (κ1) is 21.1. The molecule has 1 atom stereocenters. The molecule has 1 aliphatic heterocycles. The Bertz CT molecular complexity index is 1430. The highest BCUT2D eigenvalue weighted by Gasteiger charge is 2.46. The lowest BCUT2D eigenvalue weighted by molar-refractivity contribution is -0.117. The Balaban J connectivity index is 1.66. The van der Waals surface area contributed by atoms with Crippen molar-refractivity contribution >= 4 is 38.4 Å². The molecule has 4 aromatic rings. The molecule has 0 saturated carbocycles. The maximum atomic E-state index is 13.6. The van der Waals surface area contributed by atoms with Crippen LogP contribution in [0.1, 0.15) is 40.4 Å². The fourth-order valence-corrected chi connectivity index (χ4v) is 5.02. The van der Waals surface area contributed by atoms with Crippen molar-refractivity contribution in [3.05, 3.63) is 94.4 Å². The number of furan rings is 1. The van der Waals surface area contributed by atoms with E-state index in [4.69, 9.17) is 4.42 Å². The van der Waals surface area contributed by atoms with E-state index in [0.29, 0.717) is 22.0 Å². The van der Waals surface area contributed by atoms with Gasteiger partial charge in [0.1, 0.15) is 11.6 Å². The summed E-state index contributed by atoms with van der Waals surface area (Å²) in [4.78, 5) is 32.4. The van der Waals surface area contributed by atoms with Crippen molar-refractivity contribution in [2.24, 2.45) is 0 Å². The van der Waals surface area contributed by atoms with Crippen LogP contribution in [-0.2, 0) is 11.2 Å². The normalized spacial score (nSPS) is 16.3. The molecule has 1 amide bonds. The fourth-order valence-electron chi connectivity index (χ4n) is 3.96. The van der Waals surface area contributed by atoms with Crippen LogP contribution in [-0.4, -0.2) is 21.8 Å². The summed E-state index contributed by atoms with van der Waals surface area (Å²) < 4.78 is 20.0. The smallest absolute Gasteiger partial charge is 0.296 e. The standard InChI is InChI=1S/C25H19FN2O4S/c1-3-14-5-10-17-19(12-14)33-25(27-17)28-21(15-6-8-16(26)9-7-15)20(23(30)24(28)31)22(29)18-11-4-13(2)32-18/h4-12,21,30H,3H2,1-2H3/t21-/m0/s1. The first-order valence-electron chi connectivity index (χ1n) is 10.4. The van der Waals surface area contributed by atoms with Crippen LogP contribution in [0, 0.1) is 12.7 Å². The largest absolute Gasteiger partial charge is 0.503 e. The van der Waals surface area contributed by atoms with Gasteiger partial charge in [-0.05, 0) is 60.9 Å². The van der Waals surface area contributed by atoms with Crippen molar-refractivity contribution in [2.75, 3.05) is 4.90 Å². The summed E-state index contributed by atoms with van der Waals surface area (Å²) in [7, 11) is 0. The molecule has 0 aliphatic carbocycles. The van der Waals surface area contributed by atoms with Crippen LogP contribution in [0.3, 0.4) is 0 Å². The summed E-state index contributed by atoms with van der Waals surface area (Å²) >= 11 is 1.29. The monoisotopic (exact) mass is 462 g/mol. The molecule has 1 aliphatic rings. The third-order valence-corrected chi connectivity index (χ3v) is 6.68. The van der Waals surface area contributed by atoms with Crippen molar-refractivity contribution < 1.29 is 23.5 Å². The molecule has 3 heterocycles. The Hall–Kier alpha value is -3.78. The molecule has 8 heteroatoms. The van der Waals surface area contributed by atoms with Crippen LogP contribution in [0.5, 0.6) is 0 Å². The summed E-state index contributed by atoms with van der Waals surface area (Å²) in [6.07, 6.45) is 0.855. The molecular formula is C25H19FN2O4S. The van der Waals surface area contributed by atoms with Gasteiger partial charge in [0.25, 0.3) is 5.91 Å². The first-order valence-corrected chi connectivity index (χ1v) is 11.2. The minimum Gasteiger partial charge on any atom is -0.503 e. The summed E-state index contributed by atoms with van der Waals surface area (Å²) in [6.45, 7) is 3.74. The van der Waals surface area contributed by atoms with E-state index in [1.807, 2.05) is 25.1 Å². The van der Waals surface area contributed by atoms with E-state index < -0.39 is 29.3 Å². The number of nitrogens with zero attached hydrogens (tertiary/aromatic N) is 2. The van der Waals surface area contributed by atoms with Crippen LogP contribution in [0.15, 0.2) is 70.3 Å². The highest BCUT2D eigenvalue weighted by molar-refractivity contribution is 7.22. The third-order valence-electron chi connectivity index (χ3n) is 5.66. The summed E-state index contributed by atoms with van der Waals surface area (Å²) in [5.74, 6) is -1.95. The minimum absolute atomic E-state index is 0.00713. The lowest BCUT2D eigenvalue weighted by Crippen LogP contribution is -2.30. The van der Waals surface area contributed by atoms with Crippen molar-refractivity contribution in [1.82, 2.24) is 4.98 Å². The maximum Gasteiger partial charge on any atom is 0.296 e. The highest BCUT2D eigenvalue weighted by Crippen LogP contribution is 2.44. The Morgan fingerprint density at radius 2 is 1.94 bits per heavy atom. The second-order valence-electron chi connectivity index (χ2n) is 7.78. The number of aliphatic hydroxyl groups is 1. The summed E-state index contributed by atoms with van der Waals surface area (Å²) in [5, 5.41) is 11.1. The Kier molecular flexibility index (Phi) is 5.09. The van der Waals surface area contributed by atoms with Gasteiger partial charge in [0, 0.05) is 0 Å². The topological polar surface area (TPSA) is 83.6 Å². The van der Waals surface area contributed by atoms with Gasteiger partial charge >= 0.3 is 0 Å². The number of hydrogen-bond donors (Lipinski definition) is 1. The number of carbonyl (C=O) groups is 2. The minimum atomic E-state index is -0.984. The van der Waals surface area contributed by atoms with E-state index in [0.717, 1.165) is 16.7 Å². The number of aromatic nitrogens is 1. The quantitative estimate of drug-likeness (QED) is 0.386. The number of carbonyl (C=O) groups excluding carboxylic acids is 2. The van der Waals surface area contributed by atoms with Crippen LogP contribution in [0.2, 0.25) is 0 Å². The number of rotatable bonds is 5. The van der Waals surface area contributed by atoms with E-state index in [9.17, 15) is 19.1 Å². The zero-order valence-corrected chi connectivity index (χ0v) is 18.6. The van der Waals surface area contributed by atoms with Gasteiger partial charge in [0.15, 0.2) is 16.7 Å². The number of hydrogen-bond acceptors (Lipinski definition) is 6. The second-order valence-corrected chi connectivity index (χ2v) is 8.79. The van der Waals surface area contributed by atoms with Crippen molar-refractivity contribution in [2.45, 2.75) is 26.3 Å². The number of halogens is 1. The molecule has 2 aromatic heterocycles. The SMILES string of the molecule is CCc1ccc2nc(N3C(=O)C(O)=C(C(=O)c4ccc(C)o4)[C@@H]3c3ccc(F)cc3)sc2c1. The molecule has 0 saturated heterocycles. The highest BCUT2D eigenvalue weighted by atomic mass is 32.1. The van der Waals surface area contributed by atoms with Crippen LogP contribution in [0.25, 0.3) is 10.2 Å². The molecule has 0 unspecified atom stereocenters. The van der Waals surface area contributed by atoms with Gasteiger partial charge in [0.05, 0.1) is 21.8 Å². The molecule has 2 aromatic carbocycles. The zero-order chi connectivity index (χ0) is 23.3. The number of Topliss-reactive ketones (excluding diaryl/α,β-unsaturated/α-hetero) is 1. The molecule has 6 nitrogen and oxygen atoms in total. The molecule has 0 bridgehead atoms. The predicted molar refractivity (Wildman–Crippen MR) is 123 cm³/mol. The number of amides is 1. The maximum absolute atomic E-state index is 13.6. The van der Waals surface area contributed by atoms with Gasteiger partial charge < -0.3 is 9.52 Å². The lowest BCUT2D eigenvalue weighted by atomic mass is 9.95. The Morgan fingerprint density at radius 1 is 1.18 bits per heavy atom. The summed E-state index contributed by atoms with van der Waals surface area (Å²) in [6, 6.07) is 13.5. The molecule has 166 valence electrons. The Labute approximate surface area is 192 Å². The van der Waals surface area contributed by atoms with Crippen molar-refractivity contribution in [3.63, 3.8) is 0 Å². The van der Waals surface area contributed by atoms with E-state index in [1.54, 1.807) is 13.0 Å². The number of thiazole rings is 1. The molecule has 0 spiro atoms. The molecule has 33 heavy (non-hydrogen) atoms. The number of ketones is 1. The second kappa shape index (κ2) is 7.97. The predicted octanol–water partition coefficient (Wildman–Crippen LogP) is 5.68. The molecular weight excluding hydrogens is 443 g/mol. The van der Waals surface area contributed by atoms with Gasteiger partial charge in [0.2, 0.25) is 5.78 Å². The van der Waals surface area contributed by atoms with Gasteiger partial charge in [-0.2, -0.15) is 0 Å². The van der Waals surface area contributed by atoms with E-state index >= 15 is 0 Å². The first-order chi connectivity index (χ1) is 15.9. The summed E-state index contributed by atoms with van der Waals surface area (Å²) in [5.41, 5.74) is 2.17. The average molecular weight is 463 g/mol. The number of benzene rings is 2. The fraction of sp³-hybridized carbons (Fsp3) is 0.160. The van der Waals surface area contributed by atoms with Gasteiger partial charge in [-0.15, -0.1) is 0 Å². The zero-order valence-electron chi connectivity index (χ0n) is 17.8. The Morgan fingerprint density at radius 3 is 2.61 bits per heavy atom. The van der Waals surface area contributed by atoms with Gasteiger partial charge in [-0.3, -0.25) is 14.5 Å². The number of aryl methyl sites for hydroxylation is 2. The van der Waals surface area contributed by atoms with E-state index in [1.165, 1.54) is 46.6 Å². The number of anilines is 1. The van der Waals surface area contributed by atoms with E-state index in [2.05, 4.69) is 4.98 Å². The van der Waals surface area contributed by atoms with Gasteiger partial charge in [-0.25, -0.2) is 9.37 Å². The molecule has 5 rings (SSSR count). The number of aliphatic hydroxyl groups excluding tert-OH is 1. The third kappa shape index (κ3) is 3.52. The molecule has 0 radical (unpaired) electrons. The van der Waals surface area contributed by atoms with Crippen LogP contribution >= 0.6 is 11.3 Å². The lowest BCUT2D eigenvalue weighted by Gasteiger charge is -2.24. The average Bonchev–Trinajstić information content (AvgIpc) is 3.49.